The van der Waals surface area contributed by atoms with Crippen molar-refractivity contribution in [3.8, 4) is 5.75 Å². The molecule has 0 aromatic heterocycles. The van der Waals surface area contributed by atoms with Crippen LogP contribution in [0.3, 0.4) is 0 Å². The van der Waals surface area contributed by atoms with Gasteiger partial charge in [0.1, 0.15) is 5.75 Å². The molecule has 0 unspecified atom stereocenters. The Labute approximate surface area is 121 Å². The molecular weight excluding hydrogens is 272 g/mol. The fourth-order valence-electron chi connectivity index (χ4n) is 1.75. The summed E-state index contributed by atoms with van der Waals surface area (Å²) >= 11 is 0. The molecule has 0 radical (unpaired) electrons. The van der Waals surface area contributed by atoms with Crippen LogP contribution in [0.15, 0.2) is 48.5 Å². The second kappa shape index (κ2) is 6.42. The third-order valence-electron chi connectivity index (χ3n) is 2.74. The van der Waals surface area contributed by atoms with Crippen molar-refractivity contribution in [1.29, 1.82) is 0 Å². The largest absolute Gasteiger partial charge is 0.497 e. The van der Waals surface area contributed by atoms with E-state index in [-0.39, 0.29) is 11.3 Å². The summed E-state index contributed by atoms with van der Waals surface area (Å²) in [5, 5.41) is 14.2. The number of aromatic carboxylic acids is 1. The summed E-state index contributed by atoms with van der Waals surface area (Å²) in [6, 6.07) is 12.7. The van der Waals surface area contributed by atoms with E-state index in [9.17, 15) is 9.59 Å². The third-order valence-corrected chi connectivity index (χ3v) is 2.74. The first-order valence-electron chi connectivity index (χ1n) is 6.14. The van der Waals surface area contributed by atoms with E-state index >= 15 is 0 Å². The van der Waals surface area contributed by atoms with Gasteiger partial charge in [0.2, 0.25) is 0 Å². The van der Waals surface area contributed by atoms with E-state index in [0.717, 1.165) is 0 Å². The number of methoxy groups -OCH3 is 1. The maximum Gasteiger partial charge on any atom is 0.337 e. The van der Waals surface area contributed by atoms with Gasteiger partial charge in [-0.2, -0.15) is 0 Å². The fourth-order valence-corrected chi connectivity index (χ4v) is 1.75. The number of amides is 2. The molecule has 21 heavy (non-hydrogen) atoms. The molecular formula is C15H14N2O4. The van der Waals surface area contributed by atoms with Gasteiger partial charge in [-0.15, -0.1) is 0 Å². The zero-order valence-electron chi connectivity index (χ0n) is 11.3. The second-order valence-corrected chi connectivity index (χ2v) is 4.16. The number of rotatable bonds is 4. The van der Waals surface area contributed by atoms with Gasteiger partial charge in [0.05, 0.1) is 18.4 Å². The summed E-state index contributed by atoms with van der Waals surface area (Å²) in [6.07, 6.45) is 0. The predicted octanol–water partition coefficient (Wildman–Crippen LogP) is 3.04. The molecule has 0 aliphatic rings. The van der Waals surface area contributed by atoms with Crippen LogP contribution >= 0.6 is 0 Å². The highest BCUT2D eigenvalue weighted by molar-refractivity contribution is 6.04. The number of carbonyl (C=O) groups excluding carboxylic acids is 1. The molecule has 0 saturated carbocycles. The molecule has 0 aliphatic heterocycles. The van der Waals surface area contributed by atoms with Crippen molar-refractivity contribution < 1.29 is 19.4 Å². The quantitative estimate of drug-likeness (QED) is 0.806. The first-order chi connectivity index (χ1) is 10.1. The Bertz CT molecular complexity index is 656. The van der Waals surface area contributed by atoms with Crippen molar-refractivity contribution in [2.75, 3.05) is 17.7 Å². The van der Waals surface area contributed by atoms with E-state index in [2.05, 4.69) is 10.6 Å². The van der Waals surface area contributed by atoms with Gasteiger partial charge in [0.25, 0.3) is 0 Å². The Hall–Kier alpha value is -3.02. The van der Waals surface area contributed by atoms with E-state index in [1.165, 1.54) is 25.3 Å². The number of carboxylic acid groups (broad SMARTS) is 1. The standard InChI is InChI=1S/C15H14N2O4/c1-21-11-7-8-12(14(18)19)13(9-11)17-15(20)16-10-5-3-2-4-6-10/h2-9H,1H3,(H,18,19)(H2,16,17,20). The second-order valence-electron chi connectivity index (χ2n) is 4.16. The van der Waals surface area contributed by atoms with Crippen LogP contribution in [0.5, 0.6) is 5.75 Å². The Morgan fingerprint density at radius 3 is 2.38 bits per heavy atom. The third kappa shape index (κ3) is 3.73. The molecule has 2 amide bonds. The van der Waals surface area contributed by atoms with Gasteiger partial charge in [0, 0.05) is 11.8 Å². The van der Waals surface area contributed by atoms with Gasteiger partial charge in [-0.25, -0.2) is 9.59 Å². The van der Waals surface area contributed by atoms with Crippen molar-refractivity contribution in [2.24, 2.45) is 0 Å². The number of anilines is 2. The number of para-hydroxylation sites is 1. The summed E-state index contributed by atoms with van der Waals surface area (Å²) in [7, 11) is 1.46. The summed E-state index contributed by atoms with van der Waals surface area (Å²) in [5.41, 5.74) is 0.754. The predicted molar refractivity (Wildman–Crippen MR) is 79.0 cm³/mol. The van der Waals surface area contributed by atoms with Crippen LogP contribution in [-0.4, -0.2) is 24.2 Å². The number of urea groups is 1. The van der Waals surface area contributed by atoms with Crippen LogP contribution in [0.25, 0.3) is 0 Å². The highest BCUT2D eigenvalue weighted by atomic mass is 16.5. The summed E-state index contributed by atoms with van der Waals surface area (Å²) < 4.78 is 5.02. The molecule has 0 heterocycles. The lowest BCUT2D eigenvalue weighted by Gasteiger charge is -2.11. The monoisotopic (exact) mass is 286 g/mol. The van der Waals surface area contributed by atoms with Gasteiger partial charge in [-0.1, -0.05) is 18.2 Å². The molecule has 2 aromatic rings. The first kappa shape index (κ1) is 14.4. The summed E-state index contributed by atoms with van der Waals surface area (Å²) in [4.78, 5) is 23.0. The zero-order chi connectivity index (χ0) is 15.2. The summed E-state index contributed by atoms with van der Waals surface area (Å²) in [5.74, 6) is -0.678. The lowest BCUT2D eigenvalue weighted by Crippen LogP contribution is -2.21. The van der Waals surface area contributed by atoms with E-state index < -0.39 is 12.0 Å². The molecule has 0 atom stereocenters. The number of ether oxygens (including phenoxy) is 1. The molecule has 2 aromatic carbocycles. The van der Waals surface area contributed by atoms with Crippen LogP contribution in [0.1, 0.15) is 10.4 Å². The van der Waals surface area contributed by atoms with Crippen molar-refractivity contribution in [3.63, 3.8) is 0 Å². The summed E-state index contributed by atoms with van der Waals surface area (Å²) in [6.45, 7) is 0. The number of carbonyl (C=O) groups is 2. The number of nitrogens with one attached hydrogen (secondary N) is 2. The molecule has 3 N–H and O–H groups in total. The highest BCUT2D eigenvalue weighted by Crippen LogP contribution is 2.23. The molecule has 108 valence electrons. The topological polar surface area (TPSA) is 87.7 Å². The molecule has 0 fully saturated rings. The van der Waals surface area contributed by atoms with Crippen LogP contribution < -0.4 is 15.4 Å². The van der Waals surface area contributed by atoms with Crippen LogP contribution in [-0.2, 0) is 0 Å². The minimum Gasteiger partial charge on any atom is -0.497 e. The maximum atomic E-state index is 11.9. The zero-order valence-corrected chi connectivity index (χ0v) is 11.3. The molecule has 6 heteroatoms. The minimum absolute atomic E-state index is 0.0148. The lowest BCUT2D eigenvalue weighted by atomic mass is 10.1. The van der Waals surface area contributed by atoms with E-state index in [1.807, 2.05) is 6.07 Å². The molecule has 2 rings (SSSR count). The van der Waals surface area contributed by atoms with Gasteiger partial charge in [0.15, 0.2) is 0 Å². The first-order valence-corrected chi connectivity index (χ1v) is 6.14. The lowest BCUT2D eigenvalue weighted by molar-refractivity contribution is 0.0698. The van der Waals surface area contributed by atoms with Gasteiger partial charge < -0.3 is 20.5 Å². The van der Waals surface area contributed by atoms with Crippen molar-refractivity contribution in [3.05, 3.63) is 54.1 Å². The average Bonchev–Trinajstić information content (AvgIpc) is 2.47. The van der Waals surface area contributed by atoms with Gasteiger partial charge in [-0.3, -0.25) is 0 Å². The molecule has 0 bridgehead atoms. The fraction of sp³-hybridized carbons (Fsp3) is 0.0667. The van der Waals surface area contributed by atoms with Crippen molar-refractivity contribution in [1.82, 2.24) is 0 Å². The number of hydrogen-bond donors (Lipinski definition) is 3. The van der Waals surface area contributed by atoms with Gasteiger partial charge >= 0.3 is 12.0 Å². The Balaban J connectivity index is 2.17. The number of carboxylic acids is 1. The van der Waals surface area contributed by atoms with Crippen LogP contribution in [0.2, 0.25) is 0 Å². The maximum absolute atomic E-state index is 11.9. The molecule has 0 saturated heterocycles. The van der Waals surface area contributed by atoms with E-state index in [0.29, 0.717) is 11.4 Å². The van der Waals surface area contributed by atoms with Gasteiger partial charge in [-0.05, 0) is 24.3 Å². The van der Waals surface area contributed by atoms with E-state index in [4.69, 9.17) is 9.84 Å². The Morgan fingerprint density at radius 2 is 1.76 bits per heavy atom. The van der Waals surface area contributed by atoms with Crippen molar-refractivity contribution >= 4 is 23.4 Å². The minimum atomic E-state index is -1.13. The molecule has 6 nitrogen and oxygen atoms in total. The van der Waals surface area contributed by atoms with Crippen molar-refractivity contribution in [2.45, 2.75) is 0 Å². The highest BCUT2D eigenvalue weighted by Gasteiger charge is 2.13. The average molecular weight is 286 g/mol. The van der Waals surface area contributed by atoms with Crippen LogP contribution in [0, 0.1) is 0 Å². The Kier molecular flexibility index (Phi) is 4.40. The normalized spacial score (nSPS) is 9.76. The number of benzene rings is 2. The smallest absolute Gasteiger partial charge is 0.337 e. The number of hydrogen-bond acceptors (Lipinski definition) is 3. The van der Waals surface area contributed by atoms with Crippen LogP contribution in [0.4, 0.5) is 16.2 Å². The molecule has 0 spiro atoms. The van der Waals surface area contributed by atoms with E-state index in [1.54, 1.807) is 24.3 Å². The molecule has 0 aliphatic carbocycles. The Morgan fingerprint density at radius 1 is 1.05 bits per heavy atom. The SMILES string of the molecule is COc1ccc(C(=O)O)c(NC(=O)Nc2ccccc2)c1.